The van der Waals surface area contributed by atoms with Crippen molar-refractivity contribution in [2.24, 2.45) is 7.05 Å². The van der Waals surface area contributed by atoms with Gasteiger partial charge in [-0.05, 0) is 25.0 Å². The quantitative estimate of drug-likeness (QED) is 0.819. The molecule has 0 aromatic carbocycles. The van der Waals surface area contributed by atoms with Gasteiger partial charge in [-0.15, -0.1) is 5.10 Å². The number of hydrogen-bond acceptors (Lipinski definition) is 6. The van der Waals surface area contributed by atoms with Gasteiger partial charge < -0.3 is 15.1 Å². The van der Waals surface area contributed by atoms with Gasteiger partial charge >= 0.3 is 0 Å². The van der Waals surface area contributed by atoms with Crippen molar-refractivity contribution in [1.29, 1.82) is 0 Å². The highest BCUT2D eigenvalue weighted by Gasteiger charge is 2.22. The summed E-state index contributed by atoms with van der Waals surface area (Å²) in [6.45, 7) is 2.74. The first-order chi connectivity index (χ1) is 12.1. The SMILES string of the molecule is CN(Cc1cnn(C)c1)C(=O)CN[C@@H]1CCCN(c2cccnn2)C1. The van der Waals surface area contributed by atoms with Crippen molar-refractivity contribution in [3.8, 4) is 0 Å². The number of carbonyl (C=O) groups is 1. The molecule has 0 aliphatic carbocycles. The van der Waals surface area contributed by atoms with E-state index in [1.807, 2.05) is 32.4 Å². The van der Waals surface area contributed by atoms with Crippen LogP contribution >= 0.6 is 0 Å². The summed E-state index contributed by atoms with van der Waals surface area (Å²) < 4.78 is 1.75. The van der Waals surface area contributed by atoms with Crippen molar-refractivity contribution < 1.29 is 4.79 Å². The summed E-state index contributed by atoms with van der Waals surface area (Å²) in [5.74, 6) is 0.981. The van der Waals surface area contributed by atoms with E-state index >= 15 is 0 Å². The minimum Gasteiger partial charge on any atom is -0.354 e. The fraction of sp³-hybridized carbons (Fsp3) is 0.529. The van der Waals surface area contributed by atoms with Crippen LogP contribution in [0.25, 0.3) is 0 Å². The summed E-state index contributed by atoms with van der Waals surface area (Å²) in [5, 5.41) is 15.6. The van der Waals surface area contributed by atoms with Gasteiger partial charge in [0.15, 0.2) is 5.82 Å². The van der Waals surface area contributed by atoms with E-state index in [-0.39, 0.29) is 11.9 Å². The lowest BCUT2D eigenvalue weighted by atomic mass is 10.1. The van der Waals surface area contributed by atoms with E-state index in [4.69, 9.17) is 0 Å². The topological polar surface area (TPSA) is 79.2 Å². The molecule has 2 aromatic heterocycles. The second-order valence-corrected chi connectivity index (χ2v) is 6.52. The molecule has 8 heteroatoms. The third-order valence-electron chi connectivity index (χ3n) is 4.45. The molecule has 0 radical (unpaired) electrons. The van der Waals surface area contributed by atoms with E-state index in [0.717, 1.165) is 37.3 Å². The molecule has 25 heavy (non-hydrogen) atoms. The molecular formula is C17H25N7O. The highest BCUT2D eigenvalue weighted by Crippen LogP contribution is 2.16. The molecule has 3 heterocycles. The highest BCUT2D eigenvalue weighted by atomic mass is 16.2. The zero-order valence-corrected chi connectivity index (χ0v) is 14.8. The largest absolute Gasteiger partial charge is 0.354 e. The van der Waals surface area contributed by atoms with Crippen molar-refractivity contribution in [1.82, 2.24) is 30.2 Å². The van der Waals surface area contributed by atoms with E-state index in [9.17, 15) is 4.79 Å². The Hall–Kier alpha value is -2.48. The number of rotatable bonds is 6. The third kappa shape index (κ3) is 4.76. The lowest BCUT2D eigenvalue weighted by Crippen LogP contribution is -2.48. The predicted octanol–water partition coefficient (Wildman–Crippen LogP) is 0.427. The number of amides is 1. The molecule has 1 aliphatic heterocycles. The van der Waals surface area contributed by atoms with Crippen LogP contribution in [0.3, 0.4) is 0 Å². The molecule has 0 unspecified atom stereocenters. The molecule has 134 valence electrons. The molecule has 8 nitrogen and oxygen atoms in total. The first-order valence-corrected chi connectivity index (χ1v) is 8.59. The van der Waals surface area contributed by atoms with Crippen molar-refractivity contribution in [3.05, 3.63) is 36.3 Å². The molecule has 0 saturated carbocycles. The van der Waals surface area contributed by atoms with Crippen LogP contribution in [0, 0.1) is 0 Å². The Kier molecular flexibility index (Phi) is 5.60. The second kappa shape index (κ2) is 8.06. The smallest absolute Gasteiger partial charge is 0.236 e. The molecule has 1 aliphatic rings. The Morgan fingerprint density at radius 1 is 1.48 bits per heavy atom. The van der Waals surface area contributed by atoms with Crippen LogP contribution in [0.5, 0.6) is 0 Å². The minimum atomic E-state index is 0.0838. The monoisotopic (exact) mass is 343 g/mol. The van der Waals surface area contributed by atoms with Gasteiger partial charge in [-0.25, -0.2) is 0 Å². The summed E-state index contributed by atoms with van der Waals surface area (Å²) in [6.07, 6.45) is 7.54. The maximum absolute atomic E-state index is 12.3. The van der Waals surface area contributed by atoms with Crippen molar-refractivity contribution >= 4 is 11.7 Å². The number of anilines is 1. The molecule has 1 amide bonds. The molecule has 1 fully saturated rings. The normalized spacial score (nSPS) is 17.5. The summed E-state index contributed by atoms with van der Waals surface area (Å²) in [5.41, 5.74) is 1.03. The number of nitrogens with zero attached hydrogens (tertiary/aromatic N) is 6. The lowest BCUT2D eigenvalue weighted by Gasteiger charge is -2.33. The van der Waals surface area contributed by atoms with E-state index in [2.05, 4.69) is 25.5 Å². The average Bonchev–Trinajstić information content (AvgIpc) is 3.05. The Labute approximate surface area is 147 Å². The van der Waals surface area contributed by atoms with Crippen molar-refractivity contribution in [2.75, 3.05) is 31.6 Å². The van der Waals surface area contributed by atoms with Crippen molar-refractivity contribution in [2.45, 2.75) is 25.4 Å². The Morgan fingerprint density at radius 3 is 3.08 bits per heavy atom. The van der Waals surface area contributed by atoms with Gasteiger partial charge in [-0.2, -0.15) is 10.2 Å². The zero-order valence-electron chi connectivity index (χ0n) is 14.8. The minimum absolute atomic E-state index is 0.0838. The number of carbonyl (C=O) groups excluding carboxylic acids is 1. The van der Waals surface area contributed by atoms with E-state index in [1.165, 1.54) is 0 Å². The number of hydrogen-bond donors (Lipinski definition) is 1. The molecule has 1 N–H and O–H groups in total. The van der Waals surface area contributed by atoms with Crippen LogP contribution in [0.4, 0.5) is 5.82 Å². The fourth-order valence-corrected chi connectivity index (χ4v) is 3.10. The maximum Gasteiger partial charge on any atom is 0.236 e. The van der Waals surface area contributed by atoms with Crippen LogP contribution in [0.15, 0.2) is 30.7 Å². The second-order valence-electron chi connectivity index (χ2n) is 6.52. The van der Waals surface area contributed by atoms with E-state index in [0.29, 0.717) is 13.1 Å². The number of nitrogens with one attached hydrogen (secondary N) is 1. The number of aryl methyl sites for hydroxylation is 1. The van der Waals surface area contributed by atoms with Gasteiger partial charge in [0.05, 0.1) is 12.7 Å². The molecule has 0 bridgehead atoms. The zero-order chi connectivity index (χ0) is 17.6. The lowest BCUT2D eigenvalue weighted by molar-refractivity contribution is -0.129. The van der Waals surface area contributed by atoms with Crippen LogP contribution in [0.1, 0.15) is 18.4 Å². The molecule has 3 rings (SSSR count). The standard InChI is InChI=1S/C17H25N7O/c1-22(11-14-9-20-23(2)12-14)17(25)10-18-15-5-4-8-24(13-15)16-6-3-7-19-21-16/h3,6-7,9,12,15,18H,4-5,8,10-11,13H2,1-2H3/t15-/m1/s1. The summed E-state index contributed by atoms with van der Waals surface area (Å²) >= 11 is 0. The van der Waals surface area contributed by atoms with Crippen LogP contribution in [-0.2, 0) is 18.4 Å². The summed E-state index contributed by atoms with van der Waals surface area (Å²) in [4.78, 5) is 16.3. The Balaban J connectivity index is 1.46. The van der Waals surface area contributed by atoms with Gasteiger partial charge in [0.1, 0.15) is 0 Å². The number of piperidine rings is 1. The van der Waals surface area contributed by atoms with Gasteiger partial charge in [-0.3, -0.25) is 9.48 Å². The van der Waals surface area contributed by atoms with E-state index in [1.54, 1.807) is 22.0 Å². The molecule has 1 saturated heterocycles. The maximum atomic E-state index is 12.3. The molecular weight excluding hydrogens is 318 g/mol. The van der Waals surface area contributed by atoms with Crippen molar-refractivity contribution in [3.63, 3.8) is 0 Å². The van der Waals surface area contributed by atoms with Gasteiger partial charge in [-0.1, -0.05) is 0 Å². The van der Waals surface area contributed by atoms with Crippen LogP contribution in [-0.4, -0.2) is 63.5 Å². The van der Waals surface area contributed by atoms with Gasteiger partial charge in [0.2, 0.25) is 5.91 Å². The number of aromatic nitrogens is 4. The molecule has 2 aromatic rings. The predicted molar refractivity (Wildman–Crippen MR) is 95.0 cm³/mol. The Morgan fingerprint density at radius 2 is 2.36 bits per heavy atom. The average molecular weight is 343 g/mol. The number of likely N-dealkylation sites (N-methyl/N-ethyl adjacent to an activating group) is 1. The fourth-order valence-electron chi connectivity index (χ4n) is 3.10. The summed E-state index contributed by atoms with van der Waals surface area (Å²) in [6, 6.07) is 4.16. The Bertz CT molecular complexity index is 687. The van der Waals surface area contributed by atoms with Crippen LogP contribution < -0.4 is 10.2 Å². The first-order valence-electron chi connectivity index (χ1n) is 8.59. The van der Waals surface area contributed by atoms with Gasteiger partial charge in [0, 0.05) is 57.7 Å². The van der Waals surface area contributed by atoms with Crippen LogP contribution in [0.2, 0.25) is 0 Å². The summed E-state index contributed by atoms with van der Waals surface area (Å²) in [7, 11) is 3.70. The molecule has 1 atom stereocenters. The third-order valence-corrected chi connectivity index (χ3v) is 4.45. The first kappa shape index (κ1) is 17.3. The van der Waals surface area contributed by atoms with Gasteiger partial charge in [0.25, 0.3) is 0 Å². The highest BCUT2D eigenvalue weighted by molar-refractivity contribution is 5.78. The molecule has 0 spiro atoms. The van der Waals surface area contributed by atoms with E-state index < -0.39 is 0 Å².